The third-order valence-electron chi connectivity index (χ3n) is 7.82. The molecule has 0 aliphatic carbocycles. The van der Waals surface area contributed by atoms with Gasteiger partial charge < -0.3 is 33.2 Å². The van der Waals surface area contributed by atoms with Crippen molar-refractivity contribution in [2.45, 2.75) is 55.1 Å². The third kappa shape index (κ3) is 7.64. The van der Waals surface area contributed by atoms with Crippen molar-refractivity contribution in [2.24, 2.45) is 0 Å². The van der Waals surface area contributed by atoms with Crippen LogP contribution in [0.5, 0.6) is 11.5 Å². The summed E-state index contributed by atoms with van der Waals surface area (Å²) in [4.78, 5) is 0. The SMILES string of the molecule is COc1ccc(CO[C@@H]2[C@@H](OCc3ccc(OC)cc3)[C@H](SCc3ccccc3)O[C@@H]3CO[C@@H](c4ccccc4)O[C@@H]23)cc1. The second-order valence-corrected chi connectivity index (χ2v) is 11.9. The second kappa shape index (κ2) is 15.1. The Morgan fingerprint density at radius 3 is 1.80 bits per heavy atom. The van der Waals surface area contributed by atoms with E-state index in [2.05, 4.69) is 24.3 Å². The van der Waals surface area contributed by atoms with Gasteiger partial charge in [-0.3, -0.25) is 0 Å². The summed E-state index contributed by atoms with van der Waals surface area (Å²) in [6.45, 7) is 1.16. The standard InChI is InChI=1S/C36H38O7S/c1-37-29-17-13-25(14-18-29)21-39-33-32-31(23-41-35(43-32)28-11-7-4-8-12-28)42-36(44-24-27-9-5-3-6-10-27)34(33)40-22-26-15-19-30(38-2)20-16-26/h3-20,31-36H,21-24H2,1-2H3/t31-,32-,33+,34-,35-,36+/m1/s1. The summed E-state index contributed by atoms with van der Waals surface area (Å²) < 4.78 is 43.7. The molecule has 0 N–H and O–H groups in total. The van der Waals surface area contributed by atoms with Crippen molar-refractivity contribution in [3.8, 4) is 11.5 Å². The van der Waals surface area contributed by atoms with Crippen LogP contribution >= 0.6 is 11.8 Å². The van der Waals surface area contributed by atoms with Gasteiger partial charge in [0, 0.05) is 11.3 Å². The molecule has 0 spiro atoms. The van der Waals surface area contributed by atoms with Crippen molar-refractivity contribution in [1.29, 1.82) is 0 Å². The van der Waals surface area contributed by atoms with Gasteiger partial charge in [0.2, 0.25) is 0 Å². The summed E-state index contributed by atoms with van der Waals surface area (Å²) in [5, 5.41) is 0. The molecule has 6 rings (SSSR count). The highest BCUT2D eigenvalue weighted by Crippen LogP contribution is 2.40. The number of rotatable bonds is 12. The first-order valence-electron chi connectivity index (χ1n) is 14.8. The zero-order valence-electron chi connectivity index (χ0n) is 25.0. The van der Waals surface area contributed by atoms with E-state index in [9.17, 15) is 0 Å². The van der Waals surface area contributed by atoms with Gasteiger partial charge in [-0.1, -0.05) is 84.9 Å². The van der Waals surface area contributed by atoms with Crippen molar-refractivity contribution >= 4 is 11.8 Å². The van der Waals surface area contributed by atoms with Crippen molar-refractivity contribution < 1.29 is 33.2 Å². The highest BCUT2D eigenvalue weighted by Gasteiger charge is 2.51. The van der Waals surface area contributed by atoms with Crippen LogP contribution in [0.1, 0.15) is 28.5 Å². The summed E-state index contributed by atoms with van der Waals surface area (Å²) in [6, 6.07) is 36.2. The number of ether oxygens (including phenoxy) is 7. The lowest BCUT2D eigenvalue weighted by molar-refractivity contribution is -0.329. The average Bonchev–Trinajstić information content (AvgIpc) is 3.10. The fourth-order valence-electron chi connectivity index (χ4n) is 5.41. The van der Waals surface area contributed by atoms with Gasteiger partial charge in [-0.25, -0.2) is 0 Å². The molecule has 0 radical (unpaired) electrons. The topological polar surface area (TPSA) is 64.6 Å². The molecule has 0 bridgehead atoms. The summed E-state index contributed by atoms with van der Waals surface area (Å²) in [6.07, 6.45) is -2.08. The van der Waals surface area contributed by atoms with E-state index < -0.39 is 24.6 Å². The second-order valence-electron chi connectivity index (χ2n) is 10.8. The van der Waals surface area contributed by atoms with Gasteiger partial charge in [0.15, 0.2) is 6.29 Å². The zero-order valence-corrected chi connectivity index (χ0v) is 25.8. The molecule has 0 unspecified atom stereocenters. The summed E-state index contributed by atoms with van der Waals surface area (Å²) in [7, 11) is 3.33. The van der Waals surface area contributed by atoms with Gasteiger partial charge >= 0.3 is 0 Å². The van der Waals surface area contributed by atoms with Crippen LogP contribution in [0.2, 0.25) is 0 Å². The van der Waals surface area contributed by atoms with Crippen LogP contribution in [0.25, 0.3) is 0 Å². The van der Waals surface area contributed by atoms with Crippen molar-refractivity contribution in [1.82, 2.24) is 0 Å². The molecule has 6 atom stereocenters. The monoisotopic (exact) mass is 614 g/mol. The first-order chi connectivity index (χ1) is 21.7. The lowest BCUT2D eigenvalue weighted by atomic mass is 9.98. The van der Waals surface area contributed by atoms with Gasteiger partial charge in [-0.2, -0.15) is 0 Å². The Morgan fingerprint density at radius 1 is 0.636 bits per heavy atom. The zero-order chi connectivity index (χ0) is 30.1. The van der Waals surface area contributed by atoms with E-state index in [1.165, 1.54) is 5.56 Å². The Labute approximate surface area is 263 Å². The highest BCUT2D eigenvalue weighted by molar-refractivity contribution is 7.99. The van der Waals surface area contributed by atoms with Gasteiger partial charge in [-0.05, 0) is 41.0 Å². The lowest BCUT2D eigenvalue weighted by Gasteiger charge is -2.49. The van der Waals surface area contributed by atoms with Crippen molar-refractivity contribution in [3.05, 3.63) is 131 Å². The number of thioether (sulfide) groups is 1. The number of hydrogen-bond donors (Lipinski definition) is 0. The molecule has 0 amide bonds. The fraction of sp³-hybridized carbons (Fsp3) is 0.333. The van der Waals surface area contributed by atoms with Crippen LogP contribution in [0.4, 0.5) is 0 Å². The van der Waals surface area contributed by atoms with E-state index in [1.54, 1.807) is 26.0 Å². The molecule has 4 aromatic carbocycles. The van der Waals surface area contributed by atoms with Gasteiger partial charge in [-0.15, -0.1) is 11.8 Å². The quantitative estimate of drug-likeness (QED) is 0.170. The smallest absolute Gasteiger partial charge is 0.184 e. The van der Waals surface area contributed by atoms with E-state index in [0.29, 0.717) is 19.8 Å². The Hall–Kier alpha value is -3.37. The third-order valence-corrected chi connectivity index (χ3v) is 9.02. The Morgan fingerprint density at radius 2 is 1.20 bits per heavy atom. The molecule has 0 aromatic heterocycles. The summed E-state index contributed by atoms with van der Waals surface area (Å²) in [5.74, 6) is 2.37. The Balaban J connectivity index is 1.27. The van der Waals surface area contributed by atoms with Gasteiger partial charge in [0.05, 0.1) is 34.0 Å². The molecule has 2 fully saturated rings. The molecule has 7 nitrogen and oxygen atoms in total. The van der Waals surface area contributed by atoms with E-state index >= 15 is 0 Å². The van der Waals surface area contributed by atoms with E-state index in [0.717, 1.165) is 33.9 Å². The van der Waals surface area contributed by atoms with Crippen LogP contribution in [0.15, 0.2) is 109 Å². The Bertz CT molecular complexity index is 1420. The summed E-state index contributed by atoms with van der Waals surface area (Å²) in [5.41, 5.74) is 3.92. The molecule has 8 heteroatoms. The maximum Gasteiger partial charge on any atom is 0.184 e. The molecule has 0 saturated carbocycles. The Kier molecular flexibility index (Phi) is 10.5. The van der Waals surface area contributed by atoms with E-state index in [1.807, 2.05) is 84.9 Å². The van der Waals surface area contributed by atoms with Crippen molar-refractivity contribution in [2.75, 3.05) is 20.8 Å². The first kappa shape index (κ1) is 30.6. The van der Waals surface area contributed by atoms with Gasteiger partial charge in [0.1, 0.15) is 41.4 Å². The first-order valence-corrected chi connectivity index (χ1v) is 15.9. The average molecular weight is 615 g/mol. The van der Waals surface area contributed by atoms with Crippen LogP contribution in [-0.4, -0.2) is 50.7 Å². The normalized spacial score (nSPS) is 24.8. The highest BCUT2D eigenvalue weighted by atomic mass is 32.2. The van der Waals surface area contributed by atoms with Crippen LogP contribution in [-0.2, 0) is 42.7 Å². The molecular formula is C36H38O7S. The molecule has 4 aromatic rings. The lowest BCUT2D eigenvalue weighted by Crippen LogP contribution is -2.62. The minimum atomic E-state index is -0.524. The molecule has 2 heterocycles. The molecule has 230 valence electrons. The maximum atomic E-state index is 6.76. The number of benzene rings is 4. The predicted molar refractivity (Wildman–Crippen MR) is 170 cm³/mol. The van der Waals surface area contributed by atoms with Crippen molar-refractivity contribution in [3.63, 3.8) is 0 Å². The minimum Gasteiger partial charge on any atom is -0.497 e. The van der Waals surface area contributed by atoms with Crippen LogP contribution in [0, 0.1) is 0 Å². The maximum absolute atomic E-state index is 6.76. The molecular weight excluding hydrogens is 576 g/mol. The van der Waals surface area contributed by atoms with Crippen LogP contribution < -0.4 is 9.47 Å². The molecule has 44 heavy (non-hydrogen) atoms. The van der Waals surface area contributed by atoms with Gasteiger partial charge in [0.25, 0.3) is 0 Å². The fourth-order valence-corrected chi connectivity index (χ4v) is 6.60. The molecule has 2 saturated heterocycles. The number of methoxy groups -OCH3 is 2. The summed E-state index contributed by atoms with van der Waals surface area (Å²) >= 11 is 1.71. The minimum absolute atomic E-state index is 0.309. The van der Waals surface area contributed by atoms with Crippen LogP contribution in [0.3, 0.4) is 0 Å². The molecule has 2 aliphatic rings. The number of fused-ring (bicyclic) bond motifs is 1. The predicted octanol–water partition coefficient (Wildman–Crippen LogP) is 6.95. The number of hydrogen-bond acceptors (Lipinski definition) is 8. The van der Waals surface area contributed by atoms with E-state index in [4.69, 9.17) is 33.2 Å². The van der Waals surface area contributed by atoms with E-state index in [-0.39, 0.29) is 11.5 Å². The molecule has 2 aliphatic heterocycles. The largest absolute Gasteiger partial charge is 0.497 e.